The Kier molecular flexibility index (Phi) is 4.59. The molecule has 0 aromatic heterocycles. The maximum absolute atomic E-state index is 5.78. The summed E-state index contributed by atoms with van der Waals surface area (Å²) >= 11 is 0. The fourth-order valence-electron chi connectivity index (χ4n) is 4.09. The average Bonchev–Trinajstić information content (AvgIpc) is 2.24. The molecule has 0 aliphatic carbocycles. The largest absolute Gasteiger partial charge is 0.378 e. The first-order valence-corrected chi connectivity index (χ1v) is 7.97. The van der Waals surface area contributed by atoms with E-state index >= 15 is 0 Å². The summed E-state index contributed by atoms with van der Waals surface area (Å²) in [6.07, 6.45) is 6.38. The van der Waals surface area contributed by atoms with Gasteiger partial charge in [-0.1, -0.05) is 6.92 Å². The summed E-state index contributed by atoms with van der Waals surface area (Å²) in [6, 6.07) is 1.28. The molecular weight excluding hydrogens is 236 g/mol. The molecule has 0 aromatic rings. The van der Waals surface area contributed by atoms with Crippen LogP contribution in [0.15, 0.2) is 0 Å². The lowest BCUT2D eigenvalue weighted by atomic mass is 9.79. The topological polar surface area (TPSA) is 33.3 Å². The molecule has 2 aliphatic heterocycles. The molecule has 19 heavy (non-hydrogen) atoms. The molecule has 112 valence electrons. The van der Waals surface area contributed by atoms with Crippen LogP contribution in [0.1, 0.15) is 66.7 Å². The Bertz CT molecular complexity index is 285. The van der Waals surface area contributed by atoms with Crippen LogP contribution in [-0.2, 0) is 4.74 Å². The molecule has 2 unspecified atom stereocenters. The Labute approximate surface area is 118 Å². The van der Waals surface area contributed by atoms with Crippen molar-refractivity contribution in [3.05, 3.63) is 0 Å². The quantitative estimate of drug-likeness (QED) is 0.826. The second-order valence-corrected chi connectivity index (χ2v) is 7.79. The van der Waals surface area contributed by atoms with Crippen LogP contribution in [0.4, 0.5) is 0 Å². The van der Waals surface area contributed by atoms with E-state index in [1.54, 1.807) is 0 Å². The smallest absolute Gasteiger partial charge is 0.0587 e. The molecule has 2 rings (SSSR count). The highest BCUT2D eigenvalue weighted by Gasteiger charge is 2.38. The molecule has 0 saturated carbocycles. The van der Waals surface area contributed by atoms with Crippen LogP contribution in [0.5, 0.6) is 0 Å². The van der Waals surface area contributed by atoms with Gasteiger partial charge < -0.3 is 15.4 Å². The molecule has 0 aromatic carbocycles. The van der Waals surface area contributed by atoms with Crippen LogP contribution in [0.25, 0.3) is 0 Å². The van der Waals surface area contributed by atoms with E-state index in [4.69, 9.17) is 4.74 Å². The van der Waals surface area contributed by atoms with E-state index < -0.39 is 0 Å². The molecule has 2 N–H and O–H groups in total. The second-order valence-electron chi connectivity index (χ2n) is 7.79. The third kappa shape index (κ3) is 4.44. The van der Waals surface area contributed by atoms with Crippen LogP contribution in [-0.4, -0.2) is 35.9 Å². The van der Waals surface area contributed by atoms with Crippen molar-refractivity contribution in [1.82, 2.24) is 10.6 Å². The highest BCUT2D eigenvalue weighted by Crippen LogP contribution is 2.29. The van der Waals surface area contributed by atoms with E-state index in [1.807, 2.05) is 0 Å². The van der Waals surface area contributed by atoms with Crippen molar-refractivity contribution in [3.63, 3.8) is 0 Å². The lowest BCUT2D eigenvalue weighted by Crippen LogP contribution is -2.62. The number of piperidine rings is 1. The third-order valence-electron chi connectivity index (χ3n) is 4.48. The zero-order chi connectivity index (χ0) is 14.1. The van der Waals surface area contributed by atoms with Crippen molar-refractivity contribution in [1.29, 1.82) is 0 Å². The Balaban J connectivity index is 1.91. The molecule has 0 radical (unpaired) electrons. The van der Waals surface area contributed by atoms with Crippen LogP contribution in [0.3, 0.4) is 0 Å². The Hall–Kier alpha value is -0.120. The van der Waals surface area contributed by atoms with E-state index in [-0.39, 0.29) is 11.1 Å². The van der Waals surface area contributed by atoms with E-state index in [0.717, 1.165) is 13.0 Å². The van der Waals surface area contributed by atoms with E-state index in [9.17, 15) is 0 Å². The fraction of sp³-hybridized carbons (Fsp3) is 1.00. The normalized spacial score (nSPS) is 35.2. The zero-order valence-electron chi connectivity index (χ0n) is 13.4. The predicted molar refractivity (Wildman–Crippen MR) is 80.5 cm³/mol. The number of hydrogen-bond acceptors (Lipinski definition) is 3. The molecule has 2 saturated heterocycles. The van der Waals surface area contributed by atoms with E-state index in [0.29, 0.717) is 18.2 Å². The number of rotatable bonds is 3. The maximum atomic E-state index is 5.78. The molecule has 2 atom stereocenters. The molecule has 0 bridgehead atoms. The van der Waals surface area contributed by atoms with Gasteiger partial charge >= 0.3 is 0 Å². The summed E-state index contributed by atoms with van der Waals surface area (Å²) in [5.74, 6) is 0. The van der Waals surface area contributed by atoms with Gasteiger partial charge in [-0.05, 0) is 59.8 Å². The lowest BCUT2D eigenvalue weighted by molar-refractivity contribution is -0.00508. The third-order valence-corrected chi connectivity index (χ3v) is 4.48. The molecule has 3 heteroatoms. The first-order valence-electron chi connectivity index (χ1n) is 7.97. The first kappa shape index (κ1) is 15.3. The van der Waals surface area contributed by atoms with Gasteiger partial charge in [-0.15, -0.1) is 0 Å². The summed E-state index contributed by atoms with van der Waals surface area (Å²) < 4.78 is 5.78. The standard InChI is InChI=1S/C16H32N2O/c1-6-14-9-12(7-8-19-14)17-13-10-15(2,3)18-16(4,5)11-13/h12-14,17-18H,6-11H2,1-5H3. The molecular formula is C16H32N2O. The van der Waals surface area contributed by atoms with Crippen molar-refractivity contribution >= 4 is 0 Å². The monoisotopic (exact) mass is 268 g/mol. The summed E-state index contributed by atoms with van der Waals surface area (Å²) in [5, 5.41) is 7.67. The van der Waals surface area contributed by atoms with Gasteiger partial charge in [-0.2, -0.15) is 0 Å². The van der Waals surface area contributed by atoms with Crippen molar-refractivity contribution < 1.29 is 4.74 Å². The summed E-state index contributed by atoms with van der Waals surface area (Å²) in [7, 11) is 0. The van der Waals surface area contributed by atoms with Gasteiger partial charge in [0.05, 0.1) is 6.10 Å². The minimum atomic E-state index is 0.231. The number of hydrogen-bond donors (Lipinski definition) is 2. The van der Waals surface area contributed by atoms with Gasteiger partial charge in [0.25, 0.3) is 0 Å². The molecule has 0 spiro atoms. The summed E-state index contributed by atoms with van der Waals surface area (Å²) in [4.78, 5) is 0. The van der Waals surface area contributed by atoms with Crippen LogP contribution in [0.2, 0.25) is 0 Å². The van der Waals surface area contributed by atoms with Gasteiger partial charge in [0, 0.05) is 29.8 Å². The lowest BCUT2D eigenvalue weighted by Gasteiger charge is -2.48. The van der Waals surface area contributed by atoms with Gasteiger partial charge in [0.1, 0.15) is 0 Å². The number of ether oxygens (including phenoxy) is 1. The highest BCUT2D eigenvalue weighted by molar-refractivity contribution is 5.00. The Morgan fingerprint density at radius 1 is 1.11 bits per heavy atom. The number of nitrogens with one attached hydrogen (secondary N) is 2. The molecule has 0 amide bonds. The molecule has 2 heterocycles. The van der Waals surface area contributed by atoms with Crippen molar-refractivity contribution in [3.8, 4) is 0 Å². The zero-order valence-corrected chi connectivity index (χ0v) is 13.4. The SMILES string of the molecule is CCC1CC(NC2CC(C)(C)NC(C)(C)C2)CCO1. The molecule has 2 fully saturated rings. The average molecular weight is 268 g/mol. The first-order chi connectivity index (χ1) is 8.80. The fourth-order valence-corrected chi connectivity index (χ4v) is 4.09. The Morgan fingerprint density at radius 3 is 2.32 bits per heavy atom. The summed E-state index contributed by atoms with van der Waals surface area (Å²) in [5.41, 5.74) is 0.462. The van der Waals surface area contributed by atoms with Crippen molar-refractivity contribution in [2.75, 3.05) is 6.61 Å². The predicted octanol–water partition coefficient (Wildman–Crippen LogP) is 2.84. The second kappa shape index (κ2) is 5.71. The van der Waals surface area contributed by atoms with Crippen molar-refractivity contribution in [2.45, 2.75) is 96.0 Å². The van der Waals surface area contributed by atoms with Gasteiger partial charge in [0.2, 0.25) is 0 Å². The van der Waals surface area contributed by atoms with Crippen molar-refractivity contribution in [2.24, 2.45) is 0 Å². The van der Waals surface area contributed by atoms with E-state index in [1.165, 1.54) is 25.7 Å². The van der Waals surface area contributed by atoms with E-state index in [2.05, 4.69) is 45.3 Å². The maximum Gasteiger partial charge on any atom is 0.0587 e. The van der Waals surface area contributed by atoms with Gasteiger partial charge in [-0.25, -0.2) is 0 Å². The minimum absolute atomic E-state index is 0.231. The van der Waals surface area contributed by atoms with Gasteiger partial charge in [-0.3, -0.25) is 0 Å². The van der Waals surface area contributed by atoms with Crippen LogP contribution < -0.4 is 10.6 Å². The van der Waals surface area contributed by atoms with Crippen LogP contribution in [0, 0.1) is 0 Å². The molecule has 2 aliphatic rings. The van der Waals surface area contributed by atoms with Crippen LogP contribution >= 0.6 is 0 Å². The Morgan fingerprint density at radius 2 is 1.74 bits per heavy atom. The highest BCUT2D eigenvalue weighted by atomic mass is 16.5. The van der Waals surface area contributed by atoms with Gasteiger partial charge in [0.15, 0.2) is 0 Å². The molecule has 3 nitrogen and oxygen atoms in total. The minimum Gasteiger partial charge on any atom is -0.378 e. The summed E-state index contributed by atoms with van der Waals surface area (Å²) in [6.45, 7) is 12.4.